The molecular formula is C16H12IN3O2. The third-order valence-corrected chi connectivity index (χ3v) is 3.61. The number of anilines is 2. The van der Waals surface area contributed by atoms with E-state index in [9.17, 15) is 9.59 Å². The Morgan fingerprint density at radius 1 is 1.05 bits per heavy atom. The molecule has 0 radical (unpaired) electrons. The van der Waals surface area contributed by atoms with Gasteiger partial charge >= 0.3 is 11.8 Å². The Morgan fingerprint density at radius 3 is 2.32 bits per heavy atom. The molecule has 2 aromatic rings. The molecule has 0 atom stereocenters. The van der Waals surface area contributed by atoms with Crippen molar-refractivity contribution >= 4 is 45.8 Å². The van der Waals surface area contributed by atoms with Crippen LogP contribution in [0.25, 0.3) is 0 Å². The van der Waals surface area contributed by atoms with Crippen molar-refractivity contribution in [1.29, 1.82) is 5.26 Å². The largest absolute Gasteiger partial charge is 0.318 e. The van der Waals surface area contributed by atoms with Gasteiger partial charge in [0.1, 0.15) is 6.07 Å². The summed E-state index contributed by atoms with van der Waals surface area (Å²) in [5, 5.41) is 14.0. The second-order valence-corrected chi connectivity index (χ2v) is 5.77. The Balaban J connectivity index is 2.10. The summed E-state index contributed by atoms with van der Waals surface area (Å²) < 4.78 is 1.04. The summed E-state index contributed by atoms with van der Waals surface area (Å²) >= 11 is 2.17. The number of nitrogens with zero attached hydrogens (tertiary/aromatic N) is 1. The zero-order valence-electron chi connectivity index (χ0n) is 11.7. The zero-order chi connectivity index (χ0) is 16.1. The molecule has 0 saturated heterocycles. The molecule has 110 valence electrons. The van der Waals surface area contributed by atoms with Crippen molar-refractivity contribution in [2.24, 2.45) is 0 Å². The minimum Gasteiger partial charge on any atom is -0.318 e. The predicted octanol–water partition coefficient (Wildman–Crippen LogP) is 3.05. The highest BCUT2D eigenvalue weighted by Crippen LogP contribution is 2.18. The lowest BCUT2D eigenvalue weighted by Gasteiger charge is -2.09. The van der Waals surface area contributed by atoms with Gasteiger partial charge in [-0.3, -0.25) is 9.59 Å². The van der Waals surface area contributed by atoms with Gasteiger partial charge in [0.2, 0.25) is 0 Å². The third kappa shape index (κ3) is 3.83. The Labute approximate surface area is 141 Å². The number of nitrogens with one attached hydrogen (secondary N) is 2. The van der Waals surface area contributed by atoms with Gasteiger partial charge < -0.3 is 10.6 Å². The zero-order valence-corrected chi connectivity index (χ0v) is 13.8. The SMILES string of the molecule is Cc1cc(I)ccc1NC(=O)C(=O)Nc1ccccc1C#N. The Kier molecular flexibility index (Phi) is 5.12. The minimum atomic E-state index is -0.819. The lowest BCUT2D eigenvalue weighted by molar-refractivity contribution is -0.133. The van der Waals surface area contributed by atoms with Gasteiger partial charge in [-0.1, -0.05) is 12.1 Å². The van der Waals surface area contributed by atoms with Gasteiger partial charge in [0.05, 0.1) is 11.3 Å². The molecule has 0 unspecified atom stereocenters. The Hall–Kier alpha value is -2.40. The van der Waals surface area contributed by atoms with Crippen LogP contribution in [0.2, 0.25) is 0 Å². The molecule has 2 aromatic carbocycles. The number of halogens is 1. The third-order valence-electron chi connectivity index (χ3n) is 2.94. The number of amides is 2. The maximum Gasteiger partial charge on any atom is 0.314 e. The molecular weight excluding hydrogens is 393 g/mol. The average molecular weight is 405 g/mol. The van der Waals surface area contributed by atoms with Crippen LogP contribution in [0, 0.1) is 21.8 Å². The molecule has 6 heteroatoms. The number of carbonyl (C=O) groups excluding carboxylic acids is 2. The Morgan fingerprint density at radius 2 is 1.68 bits per heavy atom. The highest BCUT2D eigenvalue weighted by atomic mass is 127. The molecule has 0 aliphatic heterocycles. The van der Waals surface area contributed by atoms with E-state index in [2.05, 4.69) is 33.2 Å². The van der Waals surface area contributed by atoms with Gasteiger partial charge in [0.15, 0.2) is 0 Å². The summed E-state index contributed by atoms with van der Waals surface area (Å²) in [6.45, 7) is 1.85. The van der Waals surface area contributed by atoms with Gasteiger partial charge in [-0.2, -0.15) is 5.26 Å². The average Bonchev–Trinajstić information content (AvgIpc) is 2.50. The van der Waals surface area contributed by atoms with Crippen LogP contribution in [-0.4, -0.2) is 11.8 Å². The van der Waals surface area contributed by atoms with E-state index in [4.69, 9.17) is 5.26 Å². The van der Waals surface area contributed by atoms with Crippen LogP contribution < -0.4 is 10.6 Å². The summed E-state index contributed by atoms with van der Waals surface area (Å²) in [7, 11) is 0. The van der Waals surface area contributed by atoms with E-state index in [0.717, 1.165) is 9.13 Å². The number of nitriles is 1. The van der Waals surface area contributed by atoms with Crippen LogP contribution in [-0.2, 0) is 9.59 Å². The molecule has 0 aliphatic rings. The number of carbonyl (C=O) groups is 2. The van der Waals surface area contributed by atoms with Gasteiger partial charge in [-0.25, -0.2) is 0 Å². The van der Waals surface area contributed by atoms with Crippen molar-refractivity contribution in [2.75, 3.05) is 10.6 Å². The minimum absolute atomic E-state index is 0.300. The van der Waals surface area contributed by atoms with Crippen LogP contribution in [0.5, 0.6) is 0 Å². The fourth-order valence-corrected chi connectivity index (χ4v) is 2.46. The van der Waals surface area contributed by atoms with Gasteiger partial charge in [-0.05, 0) is 65.4 Å². The quantitative estimate of drug-likeness (QED) is 0.595. The van der Waals surface area contributed by atoms with Crippen LogP contribution in [0.1, 0.15) is 11.1 Å². The van der Waals surface area contributed by atoms with Crippen LogP contribution in [0.15, 0.2) is 42.5 Å². The van der Waals surface area contributed by atoms with Gasteiger partial charge in [0, 0.05) is 9.26 Å². The van der Waals surface area contributed by atoms with Crippen molar-refractivity contribution in [2.45, 2.75) is 6.92 Å². The number of rotatable bonds is 2. The second-order valence-electron chi connectivity index (χ2n) is 4.52. The predicted molar refractivity (Wildman–Crippen MR) is 92.3 cm³/mol. The highest BCUT2D eigenvalue weighted by Gasteiger charge is 2.16. The first-order valence-corrected chi connectivity index (χ1v) is 7.46. The van der Waals surface area contributed by atoms with E-state index in [0.29, 0.717) is 16.9 Å². The molecule has 0 bridgehead atoms. The van der Waals surface area contributed by atoms with Crippen LogP contribution >= 0.6 is 22.6 Å². The molecule has 0 fully saturated rings. The number of benzene rings is 2. The maximum atomic E-state index is 11.9. The molecule has 0 saturated carbocycles. The molecule has 22 heavy (non-hydrogen) atoms. The van der Waals surface area contributed by atoms with E-state index in [1.165, 1.54) is 0 Å². The molecule has 2 rings (SSSR count). The maximum absolute atomic E-state index is 11.9. The van der Waals surface area contributed by atoms with E-state index >= 15 is 0 Å². The first-order chi connectivity index (χ1) is 10.5. The number of para-hydroxylation sites is 1. The molecule has 0 heterocycles. The van der Waals surface area contributed by atoms with E-state index in [1.807, 2.05) is 25.1 Å². The van der Waals surface area contributed by atoms with Crippen LogP contribution in [0.4, 0.5) is 11.4 Å². The number of hydrogen-bond donors (Lipinski definition) is 2. The summed E-state index contributed by atoms with van der Waals surface area (Å²) in [6.07, 6.45) is 0. The molecule has 0 aliphatic carbocycles. The smallest absolute Gasteiger partial charge is 0.314 e. The van der Waals surface area contributed by atoms with Crippen LogP contribution in [0.3, 0.4) is 0 Å². The summed E-state index contributed by atoms with van der Waals surface area (Å²) in [5.41, 5.74) is 2.05. The highest BCUT2D eigenvalue weighted by molar-refractivity contribution is 14.1. The van der Waals surface area contributed by atoms with Crippen molar-refractivity contribution in [3.8, 4) is 6.07 Å². The molecule has 2 amide bonds. The van der Waals surface area contributed by atoms with Crippen molar-refractivity contribution in [3.63, 3.8) is 0 Å². The standard InChI is InChI=1S/C16H12IN3O2/c1-10-8-12(17)6-7-13(10)19-15(21)16(22)20-14-5-3-2-4-11(14)9-18/h2-8H,1H3,(H,19,21)(H,20,22). The first-order valence-electron chi connectivity index (χ1n) is 6.39. The van der Waals surface area contributed by atoms with E-state index in [-0.39, 0.29) is 0 Å². The topological polar surface area (TPSA) is 82.0 Å². The number of aryl methyl sites for hydroxylation is 1. The Bertz CT molecular complexity index is 781. The molecule has 5 nitrogen and oxygen atoms in total. The van der Waals surface area contributed by atoms with Gasteiger partial charge in [0.25, 0.3) is 0 Å². The fraction of sp³-hybridized carbons (Fsp3) is 0.0625. The lowest BCUT2D eigenvalue weighted by atomic mass is 10.2. The number of hydrogen-bond acceptors (Lipinski definition) is 3. The van der Waals surface area contributed by atoms with Crippen molar-refractivity contribution < 1.29 is 9.59 Å². The lowest BCUT2D eigenvalue weighted by Crippen LogP contribution is -2.29. The molecule has 0 aromatic heterocycles. The van der Waals surface area contributed by atoms with Crippen molar-refractivity contribution in [1.82, 2.24) is 0 Å². The summed E-state index contributed by atoms with van der Waals surface area (Å²) in [6, 6.07) is 13.9. The fourth-order valence-electron chi connectivity index (χ4n) is 1.82. The normalized spacial score (nSPS) is 9.68. The second kappa shape index (κ2) is 7.04. The van der Waals surface area contributed by atoms with Gasteiger partial charge in [-0.15, -0.1) is 0 Å². The summed E-state index contributed by atoms with van der Waals surface area (Å²) in [5.74, 6) is -1.60. The monoisotopic (exact) mass is 405 g/mol. The molecule has 0 spiro atoms. The van der Waals surface area contributed by atoms with E-state index < -0.39 is 11.8 Å². The van der Waals surface area contributed by atoms with E-state index in [1.54, 1.807) is 30.3 Å². The van der Waals surface area contributed by atoms with Crippen molar-refractivity contribution in [3.05, 3.63) is 57.2 Å². The summed E-state index contributed by atoms with van der Waals surface area (Å²) in [4.78, 5) is 23.9. The first kappa shape index (κ1) is 16.0. The molecule has 2 N–H and O–H groups in total.